The van der Waals surface area contributed by atoms with Crippen LogP contribution < -0.4 is 14.8 Å². The Bertz CT molecular complexity index is 1410. The Labute approximate surface area is 224 Å². The fourth-order valence-electron chi connectivity index (χ4n) is 3.66. The highest BCUT2D eigenvalue weighted by atomic mass is 35.5. The third kappa shape index (κ3) is 6.53. The van der Waals surface area contributed by atoms with Crippen molar-refractivity contribution in [2.45, 2.75) is 20.4 Å². The maximum absolute atomic E-state index is 12.9. The minimum Gasteiger partial charge on any atom is -0.493 e. The first-order valence-corrected chi connectivity index (χ1v) is 12.6. The second-order valence-electron chi connectivity index (χ2n) is 8.44. The minimum absolute atomic E-state index is 0.142. The van der Waals surface area contributed by atoms with E-state index in [9.17, 15) is 14.4 Å². The Hall–Kier alpha value is -3.75. The van der Waals surface area contributed by atoms with Crippen molar-refractivity contribution in [2.75, 3.05) is 19.0 Å². The molecule has 1 saturated heterocycles. The molecule has 4 rings (SSSR count). The van der Waals surface area contributed by atoms with Crippen LogP contribution in [0.5, 0.6) is 11.5 Å². The van der Waals surface area contributed by atoms with Gasteiger partial charge >= 0.3 is 0 Å². The van der Waals surface area contributed by atoms with E-state index >= 15 is 0 Å². The number of hydrogen-bond acceptors (Lipinski definition) is 6. The van der Waals surface area contributed by atoms with Crippen molar-refractivity contribution in [3.8, 4) is 11.5 Å². The normalized spacial score (nSPS) is 14.3. The van der Waals surface area contributed by atoms with Crippen LogP contribution in [0.15, 0.2) is 65.6 Å². The van der Waals surface area contributed by atoms with E-state index in [1.807, 2.05) is 38.1 Å². The summed E-state index contributed by atoms with van der Waals surface area (Å²) in [4.78, 5) is 39.2. The monoisotopic (exact) mass is 536 g/mol. The third-order valence-electron chi connectivity index (χ3n) is 5.74. The van der Waals surface area contributed by atoms with Gasteiger partial charge in [-0.15, -0.1) is 0 Å². The Morgan fingerprint density at radius 3 is 2.57 bits per heavy atom. The van der Waals surface area contributed by atoms with E-state index in [4.69, 9.17) is 21.1 Å². The lowest BCUT2D eigenvalue weighted by atomic mass is 10.1. The largest absolute Gasteiger partial charge is 0.493 e. The number of nitrogens with zero attached hydrogens (tertiary/aromatic N) is 1. The maximum Gasteiger partial charge on any atom is 0.293 e. The summed E-state index contributed by atoms with van der Waals surface area (Å²) in [6, 6.07) is 17.8. The number of rotatable bonds is 8. The number of amides is 3. The molecule has 1 aliphatic rings. The van der Waals surface area contributed by atoms with Crippen LogP contribution in [0.4, 0.5) is 10.5 Å². The van der Waals surface area contributed by atoms with E-state index in [1.54, 1.807) is 42.5 Å². The van der Waals surface area contributed by atoms with Gasteiger partial charge in [-0.1, -0.05) is 35.9 Å². The van der Waals surface area contributed by atoms with Gasteiger partial charge in [-0.2, -0.15) is 0 Å². The molecule has 1 N–H and O–H groups in total. The smallest absolute Gasteiger partial charge is 0.293 e. The summed E-state index contributed by atoms with van der Waals surface area (Å²) in [5.74, 6) is 0.0925. The summed E-state index contributed by atoms with van der Waals surface area (Å²) in [5, 5.41) is 3.00. The van der Waals surface area contributed by atoms with Gasteiger partial charge < -0.3 is 14.8 Å². The number of imide groups is 1. The molecule has 37 heavy (non-hydrogen) atoms. The van der Waals surface area contributed by atoms with Crippen molar-refractivity contribution < 1.29 is 23.9 Å². The van der Waals surface area contributed by atoms with E-state index < -0.39 is 0 Å². The molecule has 0 atom stereocenters. The number of hydrogen-bond donors (Lipinski definition) is 1. The quantitative estimate of drug-likeness (QED) is 0.344. The van der Waals surface area contributed by atoms with Crippen molar-refractivity contribution in [2.24, 2.45) is 0 Å². The molecule has 1 aliphatic heterocycles. The van der Waals surface area contributed by atoms with Gasteiger partial charge in [0.15, 0.2) is 18.1 Å². The lowest BCUT2D eigenvalue weighted by Gasteiger charge is -2.13. The van der Waals surface area contributed by atoms with Crippen LogP contribution in [-0.2, 0) is 16.1 Å². The number of nitrogens with one attached hydrogen (secondary N) is 1. The van der Waals surface area contributed by atoms with E-state index in [-0.39, 0.29) is 30.2 Å². The summed E-state index contributed by atoms with van der Waals surface area (Å²) < 4.78 is 11.1. The molecular weight excluding hydrogens is 512 g/mol. The van der Waals surface area contributed by atoms with Gasteiger partial charge in [0.2, 0.25) is 0 Å². The molecule has 3 aromatic rings. The number of halogens is 1. The van der Waals surface area contributed by atoms with Crippen LogP contribution in [0.25, 0.3) is 6.08 Å². The summed E-state index contributed by atoms with van der Waals surface area (Å²) in [6.45, 7) is 3.92. The number of thioether (sulfide) groups is 1. The number of ether oxygens (including phenoxy) is 2. The first kappa shape index (κ1) is 26.3. The summed E-state index contributed by atoms with van der Waals surface area (Å²) in [6.07, 6.45) is 1.63. The van der Waals surface area contributed by atoms with Crippen LogP contribution in [0.3, 0.4) is 0 Å². The molecule has 0 aliphatic carbocycles. The van der Waals surface area contributed by atoms with Gasteiger partial charge in [-0.3, -0.25) is 19.3 Å². The molecule has 0 unspecified atom stereocenters. The van der Waals surface area contributed by atoms with Crippen LogP contribution in [-0.4, -0.2) is 35.7 Å². The number of methoxy groups -OCH3 is 1. The number of carbonyl (C=O) groups is 3. The van der Waals surface area contributed by atoms with Crippen molar-refractivity contribution in [3.05, 3.63) is 92.8 Å². The lowest BCUT2D eigenvalue weighted by Crippen LogP contribution is -2.27. The van der Waals surface area contributed by atoms with Crippen LogP contribution in [0, 0.1) is 13.8 Å². The summed E-state index contributed by atoms with van der Waals surface area (Å²) in [7, 11) is 1.49. The zero-order chi connectivity index (χ0) is 26.5. The van der Waals surface area contributed by atoms with Crippen molar-refractivity contribution in [1.82, 2.24) is 4.90 Å². The molecule has 0 aromatic heterocycles. The highest BCUT2D eigenvalue weighted by Gasteiger charge is 2.35. The van der Waals surface area contributed by atoms with Gasteiger partial charge in [0, 0.05) is 10.7 Å². The highest BCUT2D eigenvalue weighted by molar-refractivity contribution is 8.18. The van der Waals surface area contributed by atoms with Crippen LogP contribution in [0.2, 0.25) is 5.02 Å². The fraction of sp³-hybridized carbons (Fsp3) is 0.179. The predicted octanol–water partition coefficient (Wildman–Crippen LogP) is 6.22. The Kier molecular flexibility index (Phi) is 8.21. The highest BCUT2D eigenvalue weighted by Crippen LogP contribution is 2.35. The topological polar surface area (TPSA) is 84.9 Å². The van der Waals surface area contributed by atoms with Crippen molar-refractivity contribution in [1.29, 1.82) is 0 Å². The second-order valence-corrected chi connectivity index (χ2v) is 9.87. The van der Waals surface area contributed by atoms with Crippen molar-refractivity contribution >= 4 is 52.2 Å². The molecule has 0 radical (unpaired) electrons. The second kappa shape index (κ2) is 11.5. The van der Waals surface area contributed by atoms with Crippen LogP contribution >= 0.6 is 23.4 Å². The molecule has 1 fully saturated rings. The van der Waals surface area contributed by atoms with E-state index in [2.05, 4.69) is 5.32 Å². The zero-order valence-electron chi connectivity index (χ0n) is 20.5. The number of benzene rings is 3. The van der Waals surface area contributed by atoms with Gasteiger partial charge in [0.05, 0.1) is 18.6 Å². The maximum atomic E-state index is 12.9. The molecule has 3 amide bonds. The van der Waals surface area contributed by atoms with E-state index in [0.29, 0.717) is 32.7 Å². The van der Waals surface area contributed by atoms with Gasteiger partial charge in [0.1, 0.15) is 0 Å². The average Bonchev–Trinajstić information content (AvgIpc) is 3.12. The zero-order valence-corrected chi connectivity index (χ0v) is 22.1. The van der Waals surface area contributed by atoms with Gasteiger partial charge in [-0.05, 0) is 90.3 Å². The fourth-order valence-corrected chi connectivity index (χ4v) is 4.71. The summed E-state index contributed by atoms with van der Waals surface area (Å²) in [5.41, 5.74) is 4.34. The van der Waals surface area contributed by atoms with Gasteiger partial charge in [-0.25, -0.2) is 0 Å². The minimum atomic E-state index is -0.378. The molecule has 7 nitrogen and oxygen atoms in total. The van der Waals surface area contributed by atoms with Gasteiger partial charge in [0.25, 0.3) is 17.1 Å². The SMILES string of the molecule is COc1cc(/C=C2\SC(=O)N(Cc3cccc(Cl)c3)C2=O)ccc1OCC(=O)Nc1ccc(C)c(C)c1. The number of anilines is 1. The molecule has 9 heteroatoms. The number of carbonyl (C=O) groups excluding carboxylic acids is 3. The number of aryl methyl sites for hydroxylation is 2. The van der Waals surface area contributed by atoms with E-state index in [0.717, 1.165) is 28.5 Å². The first-order chi connectivity index (χ1) is 17.7. The lowest BCUT2D eigenvalue weighted by molar-refractivity contribution is -0.123. The Morgan fingerprint density at radius 2 is 1.84 bits per heavy atom. The first-order valence-electron chi connectivity index (χ1n) is 11.4. The predicted molar refractivity (Wildman–Crippen MR) is 146 cm³/mol. The van der Waals surface area contributed by atoms with Crippen molar-refractivity contribution in [3.63, 3.8) is 0 Å². The molecule has 3 aromatic carbocycles. The third-order valence-corrected chi connectivity index (χ3v) is 6.88. The summed E-state index contributed by atoms with van der Waals surface area (Å²) >= 11 is 6.89. The molecule has 0 spiro atoms. The molecule has 190 valence electrons. The van der Waals surface area contributed by atoms with Crippen LogP contribution in [0.1, 0.15) is 22.3 Å². The molecule has 0 bridgehead atoms. The molecule has 1 heterocycles. The average molecular weight is 537 g/mol. The molecular formula is C28H25ClN2O5S. The Morgan fingerprint density at radius 1 is 1.03 bits per heavy atom. The standard InChI is InChI=1S/C28H25ClN2O5S/c1-17-7-9-22(11-18(17)2)30-26(32)16-36-23-10-8-19(13-24(23)35-3)14-25-27(33)31(28(34)37-25)15-20-5-4-6-21(29)12-20/h4-14H,15-16H2,1-3H3,(H,30,32)/b25-14-. The molecule has 0 saturated carbocycles. The Balaban J connectivity index is 1.41. The van der Waals surface area contributed by atoms with E-state index in [1.165, 1.54) is 12.0 Å².